The van der Waals surface area contributed by atoms with Crippen molar-refractivity contribution in [2.24, 2.45) is 0 Å². The highest BCUT2D eigenvalue weighted by molar-refractivity contribution is 6.33. The molecule has 6 heteroatoms. The summed E-state index contributed by atoms with van der Waals surface area (Å²) >= 11 is 5.98. The van der Waals surface area contributed by atoms with E-state index in [9.17, 15) is 9.59 Å². The molecular formula is C14H15ClN2O3. The summed E-state index contributed by atoms with van der Waals surface area (Å²) in [6.07, 6.45) is 3.61. The minimum atomic E-state index is -1.07. The van der Waals surface area contributed by atoms with E-state index in [-0.39, 0.29) is 17.6 Å². The standard InChI is InChI=1S/C14H15ClN2O3/c1-2-7-17(10-4-5-10)14(20)16-12-8-9(13(18)19)3-6-11(12)15/h2-3,6,8,10H,1,4-5,7H2,(H,16,20)(H,18,19). The second-order valence-corrected chi connectivity index (χ2v) is 5.01. The van der Waals surface area contributed by atoms with Gasteiger partial charge in [-0.3, -0.25) is 0 Å². The average Bonchev–Trinajstić information content (AvgIpc) is 3.22. The summed E-state index contributed by atoms with van der Waals surface area (Å²) in [5.74, 6) is -1.07. The Morgan fingerprint density at radius 1 is 1.50 bits per heavy atom. The minimum absolute atomic E-state index is 0.0754. The van der Waals surface area contributed by atoms with Crippen molar-refractivity contribution in [1.82, 2.24) is 4.90 Å². The van der Waals surface area contributed by atoms with Crippen molar-refractivity contribution in [3.05, 3.63) is 41.4 Å². The van der Waals surface area contributed by atoms with E-state index < -0.39 is 5.97 Å². The van der Waals surface area contributed by atoms with Gasteiger partial charge in [0.1, 0.15) is 0 Å². The topological polar surface area (TPSA) is 69.6 Å². The van der Waals surface area contributed by atoms with Crippen LogP contribution < -0.4 is 5.32 Å². The highest BCUT2D eigenvalue weighted by Gasteiger charge is 2.32. The Hall–Kier alpha value is -2.01. The zero-order valence-corrected chi connectivity index (χ0v) is 11.6. The van der Waals surface area contributed by atoms with Crippen LogP contribution in [0, 0.1) is 0 Å². The first-order valence-corrected chi connectivity index (χ1v) is 6.62. The van der Waals surface area contributed by atoms with Gasteiger partial charge in [0.05, 0.1) is 16.3 Å². The van der Waals surface area contributed by atoms with E-state index >= 15 is 0 Å². The third-order valence-electron chi connectivity index (χ3n) is 3.03. The van der Waals surface area contributed by atoms with Gasteiger partial charge < -0.3 is 15.3 Å². The Bertz CT molecular complexity index is 555. The molecule has 5 nitrogen and oxygen atoms in total. The molecule has 20 heavy (non-hydrogen) atoms. The Morgan fingerprint density at radius 2 is 2.20 bits per heavy atom. The van der Waals surface area contributed by atoms with Crippen LogP contribution in [-0.4, -0.2) is 34.6 Å². The maximum absolute atomic E-state index is 12.2. The molecule has 1 saturated carbocycles. The summed E-state index contributed by atoms with van der Waals surface area (Å²) in [6.45, 7) is 4.08. The molecule has 1 aliphatic carbocycles. The van der Waals surface area contributed by atoms with E-state index in [1.165, 1.54) is 18.2 Å². The van der Waals surface area contributed by atoms with Crippen LogP contribution in [0.25, 0.3) is 0 Å². The van der Waals surface area contributed by atoms with Crippen molar-refractivity contribution in [2.75, 3.05) is 11.9 Å². The molecule has 1 aromatic rings. The molecule has 0 spiro atoms. The van der Waals surface area contributed by atoms with Crippen LogP contribution in [0.2, 0.25) is 5.02 Å². The average molecular weight is 295 g/mol. The molecule has 2 rings (SSSR count). The zero-order valence-electron chi connectivity index (χ0n) is 10.8. The number of halogens is 1. The van der Waals surface area contributed by atoms with Gasteiger partial charge in [-0.25, -0.2) is 9.59 Å². The van der Waals surface area contributed by atoms with E-state index in [1.807, 2.05) is 0 Å². The van der Waals surface area contributed by atoms with Crippen molar-refractivity contribution in [3.8, 4) is 0 Å². The van der Waals surface area contributed by atoms with Crippen molar-refractivity contribution in [2.45, 2.75) is 18.9 Å². The van der Waals surface area contributed by atoms with Crippen LogP contribution >= 0.6 is 11.6 Å². The van der Waals surface area contributed by atoms with Crippen LogP contribution in [0.15, 0.2) is 30.9 Å². The largest absolute Gasteiger partial charge is 0.478 e. The summed E-state index contributed by atoms with van der Waals surface area (Å²) in [7, 11) is 0. The Labute approximate surface area is 121 Å². The molecule has 2 amide bonds. The second-order valence-electron chi connectivity index (χ2n) is 4.60. The van der Waals surface area contributed by atoms with Gasteiger partial charge >= 0.3 is 12.0 Å². The number of amides is 2. The van der Waals surface area contributed by atoms with Gasteiger partial charge in [0.25, 0.3) is 0 Å². The van der Waals surface area contributed by atoms with Gasteiger partial charge in [-0.15, -0.1) is 6.58 Å². The number of carboxylic acid groups (broad SMARTS) is 1. The molecule has 106 valence electrons. The van der Waals surface area contributed by atoms with Gasteiger partial charge in [-0.2, -0.15) is 0 Å². The molecule has 1 aliphatic rings. The summed E-state index contributed by atoms with van der Waals surface area (Å²) < 4.78 is 0. The number of aromatic carboxylic acids is 1. The van der Waals surface area contributed by atoms with E-state index in [0.29, 0.717) is 17.3 Å². The van der Waals surface area contributed by atoms with Gasteiger partial charge in [0, 0.05) is 12.6 Å². The minimum Gasteiger partial charge on any atom is -0.478 e. The first kappa shape index (κ1) is 14.4. The zero-order chi connectivity index (χ0) is 14.7. The smallest absolute Gasteiger partial charge is 0.335 e. The molecule has 0 unspecified atom stereocenters. The normalized spacial score (nSPS) is 13.7. The number of benzene rings is 1. The van der Waals surface area contributed by atoms with Gasteiger partial charge in [0.15, 0.2) is 0 Å². The highest BCUT2D eigenvalue weighted by Crippen LogP contribution is 2.29. The third kappa shape index (κ3) is 3.30. The van der Waals surface area contributed by atoms with Gasteiger partial charge in [0.2, 0.25) is 0 Å². The van der Waals surface area contributed by atoms with Crippen LogP contribution in [0.5, 0.6) is 0 Å². The van der Waals surface area contributed by atoms with Crippen LogP contribution in [0.4, 0.5) is 10.5 Å². The van der Waals surface area contributed by atoms with Crippen LogP contribution in [0.3, 0.4) is 0 Å². The summed E-state index contributed by atoms with van der Waals surface area (Å²) in [4.78, 5) is 24.8. The quantitative estimate of drug-likeness (QED) is 0.819. The summed E-state index contributed by atoms with van der Waals surface area (Å²) in [5, 5.41) is 11.9. The number of carboxylic acids is 1. The monoisotopic (exact) mass is 294 g/mol. The molecule has 0 saturated heterocycles. The molecule has 0 atom stereocenters. The Kier molecular flexibility index (Phi) is 4.29. The first-order valence-electron chi connectivity index (χ1n) is 6.24. The first-order chi connectivity index (χ1) is 9.52. The highest BCUT2D eigenvalue weighted by atomic mass is 35.5. The molecule has 2 N–H and O–H groups in total. The molecule has 0 bridgehead atoms. The Morgan fingerprint density at radius 3 is 2.75 bits per heavy atom. The number of carbonyl (C=O) groups is 2. The number of nitrogens with one attached hydrogen (secondary N) is 1. The molecule has 0 aromatic heterocycles. The number of hydrogen-bond acceptors (Lipinski definition) is 2. The van der Waals surface area contributed by atoms with E-state index in [1.54, 1.807) is 11.0 Å². The predicted molar refractivity (Wildman–Crippen MR) is 77.4 cm³/mol. The summed E-state index contributed by atoms with van der Waals surface area (Å²) in [6, 6.07) is 4.13. The third-order valence-corrected chi connectivity index (χ3v) is 3.36. The fourth-order valence-corrected chi connectivity index (χ4v) is 2.03. The fraction of sp³-hybridized carbons (Fsp3) is 0.286. The fourth-order valence-electron chi connectivity index (χ4n) is 1.86. The lowest BCUT2D eigenvalue weighted by Gasteiger charge is -2.21. The summed E-state index contributed by atoms with van der Waals surface area (Å²) in [5.41, 5.74) is 0.373. The lowest BCUT2D eigenvalue weighted by Crippen LogP contribution is -2.36. The number of anilines is 1. The molecule has 1 aromatic carbocycles. The molecular weight excluding hydrogens is 280 g/mol. The predicted octanol–water partition coefficient (Wildman–Crippen LogP) is 3.22. The maximum atomic E-state index is 12.2. The molecule has 0 aliphatic heterocycles. The maximum Gasteiger partial charge on any atom is 0.335 e. The Balaban J connectivity index is 2.15. The number of urea groups is 1. The van der Waals surface area contributed by atoms with Crippen LogP contribution in [0.1, 0.15) is 23.2 Å². The van der Waals surface area contributed by atoms with Crippen molar-refractivity contribution >= 4 is 29.3 Å². The van der Waals surface area contributed by atoms with E-state index in [2.05, 4.69) is 11.9 Å². The number of carbonyl (C=O) groups excluding carboxylic acids is 1. The number of nitrogens with zero attached hydrogens (tertiary/aromatic N) is 1. The van der Waals surface area contributed by atoms with E-state index in [0.717, 1.165) is 12.8 Å². The second kappa shape index (κ2) is 5.96. The number of rotatable bonds is 5. The van der Waals surface area contributed by atoms with Crippen LogP contribution in [-0.2, 0) is 0 Å². The molecule has 1 fully saturated rings. The number of hydrogen-bond donors (Lipinski definition) is 2. The van der Waals surface area contributed by atoms with Crippen molar-refractivity contribution < 1.29 is 14.7 Å². The SMILES string of the molecule is C=CCN(C(=O)Nc1cc(C(=O)O)ccc1Cl)C1CC1. The van der Waals surface area contributed by atoms with Crippen molar-refractivity contribution in [3.63, 3.8) is 0 Å². The molecule has 0 radical (unpaired) electrons. The van der Waals surface area contributed by atoms with E-state index in [4.69, 9.17) is 16.7 Å². The lowest BCUT2D eigenvalue weighted by atomic mass is 10.2. The lowest BCUT2D eigenvalue weighted by molar-refractivity contribution is 0.0697. The van der Waals surface area contributed by atoms with Crippen molar-refractivity contribution in [1.29, 1.82) is 0 Å². The molecule has 0 heterocycles. The van der Waals surface area contributed by atoms with Gasteiger partial charge in [-0.05, 0) is 31.0 Å². The van der Waals surface area contributed by atoms with Gasteiger partial charge in [-0.1, -0.05) is 17.7 Å².